The van der Waals surface area contributed by atoms with Gasteiger partial charge < -0.3 is 24.8 Å². The molecule has 0 fully saturated rings. The Hall–Kier alpha value is -2.03. The van der Waals surface area contributed by atoms with E-state index >= 15 is 0 Å². The van der Waals surface area contributed by atoms with Crippen LogP contribution >= 0.6 is 23.5 Å². The zero-order chi connectivity index (χ0) is 28.0. The third-order valence-corrected chi connectivity index (χ3v) is 6.66. The third-order valence-electron chi connectivity index (χ3n) is 4.60. The smallest absolute Gasteiger partial charge is 0.311 e. The summed E-state index contributed by atoms with van der Waals surface area (Å²) in [5, 5.41) is 5.32. The van der Waals surface area contributed by atoms with Crippen molar-refractivity contribution < 1.29 is 46.2 Å². The molecule has 2 N–H and O–H groups in total. The molecule has 210 valence electrons. The van der Waals surface area contributed by atoms with Gasteiger partial charge in [0.25, 0.3) is 0 Å². The van der Waals surface area contributed by atoms with Gasteiger partial charge in [-0.2, -0.15) is 8.78 Å². The van der Waals surface area contributed by atoms with E-state index in [2.05, 4.69) is 15.4 Å². The molecule has 2 amide bonds. The van der Waals surface area contributed by atoms with Crippen LogP contribution in [0.1, 0.15) is 40.5 Å². The molecular weight excluding hydrogens is 540 g/mol. The van der Waals surface area contributed by atoms with Crippen molar-refractivity contribution in [3.8, 4) is 5.75 Å². The third kappa shape index (κ3) is 12.9. The van der Waals surface area contributed by atoms with Gasteiger partial charge in [0.15, 0.2) is 11.6 Å². The van der Waals surface area contributed by atoms with Crippen LogP contribution in [0.15, 0.2) is 6.07 Å². The Balaban J connectivity index is 2.74. The molecule has 0 aliphatic rings. The molecule has 1 aromatic carbocycles. The van der Waals surface area contributed by atoms with Crippen molar-refractivity contribution >= 4 is 41.3 Å². The van der Waals surface area contributed by atoms with Crippen molar-refractivity contribution in [3.05, 3.63) is 29.3 Å². The molecule has 8 nitrogen and oxygen atoms in total. The Bertz CT molecular complexity index is 886. The first-order valence-electron chi connectivity index (χ1n) is 11.5. The number of benzene rings is 1. The van der Waals surface area contributed by atoms with Crippen LogP contribution in [0.5, 0.6) is 5.75 Å². The minimum absolute atomic E-state index is 0.00588. The summed E-state index contributed by atoms with van der Waals surface area (Å²) < 4.78 is 69.5. The van der Waals surface area contributed by atoms with Gasteiger partial charge in [-0.15, -0.1) is 23.5 Å². The Morgan fingerprint density at radius 3 is 1.92 bits per heavy atom. The van der Waals surface area contributed by atoms with E-state index in [1.807, 2.05) is 13.8 Å². The van der Waals surface area contributed by atoms with Gasteiger partial charge in [0, 0.05) is 38.3 Å². The molecule has 0 aromatic heterocycles. The van der Waals surface area contributed by atoms with Gasteiger partial charge >= 0.3 is 5.97 Å². The van der Waals surface area contributed by atoms with E-state index in [1.54, 1.807) is 13.8 Å². The quantitative estimate of drug-likeness (QED) is 0.0957. The van der Waals surface area contributed by atoms with Crippen molar-refractivity contribution in [1.29, 1.82) is 0 Å². The highest BCUT2D eigenvalue weighted by Crippen LogP contribution is 2.27. The molecule has 1 rings (SSSR count). The second kappa shape index (κ2) is 17.5. The monoisotopic (exact) mass is 572 g/mol. The Morgan fingerprint density at radius 2 is 1.41 bits per heavy atom. The van der Waals surface area contributed by atoms with Gasteiger partial charge in [-0.25, -0.2) is 8.78 Å². The Kier molecular flexibility index (Phi) is 15.6. The molecule has 0 spiro atoms. The van der Waals surface area contributed by atoms with Crippen LogP contribution in [0, 0.1) is 23.3 Å². The van der Waals surface area contributed by atoms with Gasteiger partial charge in [0.1, 0.15) is 10.9 Å². The van der Waals surface area contributed by atoms with Crippen LogP contribution in [0.4, 0.5) is 17.6 Å². The average Bonchev–Trinajstić information content (AvgIpc) is 2.84. The van der Waals surface area contributed by atoms with Crippen molar-refractivity contribution in [2.45, 2.75) is 57.5 Å². The number of ether oxygens (including phenoxy) is 3. The lowest BCUT2D eigenvalue weighted by molar-refractivity contribution is -0.135. The van der Waals surface area contributed by atoms with E-state index in [0.29, 0.717) is 13.2 Å². The van der Waals surface area contributed by atoms with Gasteiger partial charge in [0.05, 0.1) is 11.5 Å². The van der Waals surface area contributed by atoms with Crippen molar-refractivity contribution in [1.82, 2.24) is 10.6 Å². The molecule has 14 heteroatoms. The SMILES string of the molecule is CCO[C@@H](C)SCC(=O)NC[C@H](CCC(=O)Oc1c(F)c(F)cc(F)c1F)NC(=O)CS[C@H](C)OCC. The number of esters is 1. The van der Waals surface area contributed by atoms with Crippen LogP contribution in [0.2, 0.25) is 0 Å². The molecule has 0 aliphatic carbocycles. The maximum Gasteiger partial charge on any atom is 0.311 e. The lowest BCUT2D eigenvalue weighted by Gasteiger charge is -2.20. The van der Waals surface area contributed by atoms with Crippen LogP contribution in [0.3, 0.4) is 0 Å². The minimum atomic E-state index is -1.84. The molecule has 0 saturated carbocycles. The maximum absolute atomic E-state index is 13.8. The van der Waals surface area contributed by atoms with Crippen LogP contribution in [-0.2, 0) is 23.9 Å². The fraction of sp³-hybridized carbons (Fsp3) is 0.609. The van der Waals surface area contributed by atoms with Gasteiger partial charge in [0.2, 0.25) is 29.2 Å². The summed E-state index contributed by atoms with van der Waals surface area (Å²) >= 11 is 2.51. The zero-order valence-corrected chi connectivity index (χ0v) is 22.7. The molecule has 3 atom stereocenters. The molecule has 0 saturated heterocycles. The van der Waals surface area contributed by atoms with Crippen molar-refractivity contribution in [2.24, 2.45) is 0 Å². The van der Waals surface area contributed by atoms with Crippen molar-refractivity contribution in [2.75, 3.05) is 31.3 Å². The van der Waals surface area contributed by atoms with E-state index in [-0.39, 0.29) is 47.3 Å². The second-order valence-corrected chi connectivity index (χ2v) is 10.1. The number of amides is 2. The molecule has 0 heterocycles. The molecule has 0 radical (unpaired) electrons. The predicted molar refractivity (Wildman–Crippen MR) is 133 cm³/mol. The lowest BCUT2D eigenvalue weighted by Crippen LogP contribution is -2.45. The first-order chi connectivity index (χ1) is 17.5. The normalized spacial score (nSPS) is 13.5. The fourth-order valence-electron chi connectivity index (χ4n) is 2.83. The number of hydrogen-bond donors (Lipinski definition) is 2. The van der Waals surface area contributed by atoms with Gasteiger partial charge in [-0.1, -0.05) is 0 Å². The predicted octanol–water partition coefficient (Wildman–Crippen LogP) is 3.76. The highest BCUT2D eigenvalue weighted by molar-refractivity contribution is 8.00. The van der Waals surface area contributed by atoms with E-state index in [1.165, 1.54) is 23.5 Å². The molecule has 0 bridgehead atoms. The number of carbonyl (C=O) groups is 3. The molecule has 37 heavy (non-hydrogen) atoms. The topological polar surface area (TPSA) is 103 Å². The summed E-state index contributed by atoms with van der Waals surface area (Å²) in [4.78, 5) is 36.7. The van der Waals surface area contributed by atoms with Gasteiger partial charge in [-0.05, 0) is 34.1 Å². The number of rotatable bonds is 17. The number of thioether (sulfide) groups is 2. The van der Waals surface area contributed by atoms with E-state index in [4.69, 9.17) is 9.47 Å². The summed E-state index contributed by atoms with van der Waals surface area (Å²) in [7, 11) is 0. The Morgan fingerprint density at radius 1 is 0.892 bits per heavy atom. The number of halogens is 4. The first kappa shape index (κ1) is 33.0. The minimum Gasteiger partial charge on any atom is -0.420 e. The summed E-state index contributed by atoms with van der Waals surface area (Å²) in [6, 6.07) is -0.756. The van der Waals surface area contributed by atoms with Crippen LogP contribution < -0.4 is 15.4 Å². The molecule has 1 aromatic rings. The van der Waals surface area contributed by atoms with Crippen LogP contribution in [0.25, 0.3) is 0 Å². The molecule has 0 aliphatic heterocycles. The number of hydrogen-bond acceptors (Lipinski definition) is 8. The highest BCUT2D eigenvalue weighted by Gasteiger charge is 2.24. The van der Waals surface area contributed by atoms with E-state index in [9.17, 15) is 31.9 Å². The first-order valence-corrected chi connectivity index (χ1v) is 13.6. The average molecular weight is 573 g/mol. The van der Waals surface area contributed by atoms with Crippen LogP contribution in [-0.4, -0.2) is 66.0 Å². The van der Waals surface area contributed by atoms with Crippen molar-refractivity contribution in [3.63, 3.8) is 0 Å². The standard InChI is InChI=1S/C23H32F4N2O6S2/c1-5-33-13(3)36-11-18(30)28-10-15(29-19(31)12-37-14(4)34-6-2)7-8-20(32)35-23-21(26)16(24)9-17(25)22(23)27/h9,13-15H,5-8,10-12H2,1-4H3,(H,28,30)(H,29,31)/t13-,14-,15+/m1/s1. The fourth-order valence-corrected chi connectivity index (χ4v) is 4.25. The lowest BCUT2D eigenvalue weighted by atomic mass is 10.1. The summed E-state index contributed by atoms with van der Waals surface area (Å²) in [5.74, 6) is -10.4. The molecule has 0 unspecified atom stereocenters. The largest absolute Gasteiger partial charge is 0.420 e. The highest BCUT2D eigenvalue weighted by atomic mass is 32.2. The second-order valence-electron chi connectivity index (χ2n) is 7.55. The summed E-state index contributed by atoms with van der Waals surface area (Å²) in [6.45, 7) is 8.15. The molecular formula is C23H32F4N2O6S2. The summed E-state index contributed by atoms with van der Waals surface area (Å²) in [5.41, 5.74) is -0.427. The number of carbonyl (C=O) groups excluding carboxylic acids is 3. The van der Waals surface area contributed by atoms with E-state index in [0.717, 1.165) is 0 Å². The number of nitrogens with one attached hydrogen (secondary N) is 2. The van der Waals surface area contributed by atoms with E-state index < -0.39 is 53.4 Å². The summed E-state index contributed by atoms with van der Waals surface area (Å²) in [6.07, 6.45) is -0.573. The Labute approximate surface area is 221 Å². The zero-order valence-electron chi connectivity index (χ0n) is 21.0. The maximum atomic E-state index is 13.8. The van der Waals surface area contributed by atoms with Gasteiger partial charge in [-0.3, -0.25) is 14.4 Å².